The van der Waals surface area contributed by atoms with Gasteiger partial charge in [0, 0.05) is 10.9 Å². The molecule has 0 saturated heterocycles. The molecule has 0 radical (unpaired) electrons. The molecule has 0 aromatic carbocycles. The third-order valence-corrected chi connectivity index (χ3v) is 4.35. The minimum atomic E-state index is -0.0400. The highest BCUT2D eigenvalue weighted by atomic mass is 32.1. The van der Waals surface area contributed by atoms with Gasteiger partial charge in [-0.05, 0) is 30.8 Å². The molecule has 0 fully saturated rings. The van der Waals surface area contributed by atoms with E-state index < -0.39 is 0 Å². The molecule has 0 aliphatic rings. The van der Waals surface area contributed by atoms with Gasteiger partial charge >= 0.3 is 0 Å². The maximum Gasteiger partial charge on any atom is 0.234 e. The van der Waals surface area contributed by atoms with Gasteiger partial charge in [0.2, 0.25) is 5.91 Å². The number of carbonyl (C=O) groups excluding carboxylic acids is 1. The molecule has 2 N–H and O–H groups in total. The van der Waals surface area contributed by atoms with Crippen LogP contribution in [0.25, 0.3) is 0 Å². The minimum Gasteiger partial charge on any atom is -0.395 e. The first-order valence-corrected chi connectivity index (χ1v) is 7.77. The Kier molecular flexibility index (Phi) is 6.17. The first-order valence-electron chi connectivity index (χ1n) is 6.89. The van der Waals surface area contributed by atoms with E-state index in [1.54, 1.807) is 11.3 Å². The Balaban J connectivity index is 2.70. The van der Waals surface area contributed by atoms with Crippen LogP contribution in [0.2, 0.25) is 0 Å². The van der Waals surface area contributed by atoms with Crippen molar-refractivity contribution >= 4 is 17.2 Å². The summed E-state index contributed by atoms with van der Waals surface area (Å²) in [6.45, 7) is 8.61. The molecule has 4 nitrogen and oxygen atoms in total. The van der Waals surface area contributed by atoms with Gasteiger partial charge in [-0.3, -0.25) is 9.69 Å². The molecule has 0 aliphatic heterocycles. The van der Waals surface area contributed by atoms with Crippen LogP contribution in [0.3, 0.4) is 0 Å². The molecule has 1 aromatic rings. The van der Waals surface area contributed by atoms with Gasteiger partial charge in [0.15, 0.2) is 0 Å². The number of likely N-dealkylation sites (N-methyl/N-ethyl adjacent to an activating group) is 1. The average molecular weight is 298 g/mol. The summed E-state index contributed by atoms with van der Waals surface area (Å²) in [4.78, 5) is 15.2. The van der Waals surface area contributed by atoms with E-state index in [2.05, 4.69) is 32.2 Å². The Hall–Kier alpha value is -0.910. The highest BCUT2D eigenvalue weighted by molar-refractivity contribution is 7.10. The van der Waals surface area contributed by atoms with Crippen molar-refractivity contribution in [2.24, 2.45) is 5.41 Å². The lowest BCUT2D eigenvalue weighted by molar-refractivity contribution is -0.124. The molecule has 20 heavy (non-hydrogen) atoms. The summed E-state index contributed by atoms with van der Waals surface area (Å²) in [5.74, 6) is -0.0128. The van der Waals surface area contributed by atoms with Crippen LogP contribution in [-0.4, -0.2) is 42.2 Å². The van der Waals surface area contributed by atoms with E-state index in [-0.39, 0.29) is 30.0 Å². The zero-order chi connectivity index (χ0) is 15.3. The predicted octanol–water partition coefficient (Wildman–Crippen LogP) is 2.26. The number of aliphatic hydroxyl groups is 1. The highest BCUT2D eigenvalue weighted by Crippen LogP contribution is 2.34. The van der Waals surface area contributed by atoms with Gasteiger partial charge in [0.1, 0.15) is 0 Å². The van der Waals surface area contributed by atoms with Gasteiger partial charge in [0.25, 0.3) is 0 Å². The third-order valence-electron chi connectivity index (χ3n) is 3.41. The average Bonchev–Trinajstić information content (AvgIpc) is 2.86. The summed E-state index contributed by atoms with van der Waals surface area (Å²) in [5, 5.41) is 14.3. The Labute approximate surface area is 125 Å². The minimum absolute atomic E-state index is 0.00725. The fourth-order valence-corrected chi connectivity index (χ4v) is 2.92. The molecule has 2 unspecified atom stereocenters. The number of nitrogens with zero attached hydrogens (tertiary/aromatic N) is 1. The summed E-state index contributed by atoms with van der Waals surface area (Å²) in [6.07, 6.45) is 0. The van der Waals surface area contributed by atoms with Gasteiger partial charge in [-0.25, -0.2) is 0 Å². The second-order valence-electron chi connectivity index (χ2n) is 6.33. The Bertz CT molecular complexity index is 412. The molecule has 0 saturated carbocycles. The van der Waals surface area contributed by atoms with Crippen LogP contribution in [0.5, 0.6) is 0 Å². The normalized spacial score (nSPS) is 15.2. The number of hydrogen-bond acceptors (Lipinski definition) is 4. The summed E-state index contributed by atoms with van der Waals surface area (Å²) in [7, 11) is 1.84. The molecular weight excluding hydrogens is 272 g/mol. The second kappa shape index (κ2) is 7.20. The molecular formula is C15H26N2O2S. The first-order chi connectivity index (χ1) is 9.25. The number of thiophene rings is 1. The van der Waals surface area contributed by atoms with Crippen molar-refractivity contribution < 1.29 is 9.90 Å². The van der Waals surface area contributed by atoms with E-state index in [4.69, 9.17) is 5.11 Å². The number of amides is 1. The topological polar surface area (TPSA) is 52.6 Å². The Morgan fingerprint density at radius 1 is 1.50 bits per heavy atom. The van der Waals surface area contributed by atoms with Crippen molar-refractivity contribution in [3.63, 3.8) is 0 Å². The van der Waals surface area contributed by atoms with Crippen LogP contribution in [0.1, 0.15) is 38.6 Å². The van der Waals surface area contributed by atoms with E-state index >= 15 is 0 Å². The molecule has 114 valence electrons. The Morgan fingerprint density at radius 3 is 2.60 bits per heavy atom. The summed E-state index contributed by atoms with van der Waals surface area (Å²) in [6, 6.07) is 4.05. The molecule has 1 rings (SSSR count). The summed E-state index contributed by atoms with van der Waals surface area (Å²) in [5.41, 5.74) is -0.0400. The standard InChI is InChI=1S/C15H26N2O2S/c1-11(10-18)17(5)9-13(19)16-14(15(2,3)4)12-7-6-8-20-12/h6-8,11,14,18H,9-10H2,1-5H3,(H,16,19). The van der Waals surface area contributed by atoms with E-state index in [0.29, 0.717) is 6.54 Å². The molecule has 5 heteroatoms. The van der Waals surface area contributed by atoms with Gasteiger partial charge in [-0.1, -0.05) is 26.8 Å². The molecule has 0 spiro atoms. The summed E-state index contributed by atoms with van der Waals surface area (Å²) < 4.78 is 0. The van der Waals surface area contributed by atoms with Crippen LogP contribution >= 0.6 is 11.3 Å². The quantitative estimate of drug-likeness (QED) is 0.847. The SMILES string of the molecule is CC(CO)N(C)CC(=O)NC(c1cccs1)C(C)(C)C. The van der Waals surface area contributed by atoms with Crippen molar-refractivity contribution in [3.8, 4) is 0 Å². The maximum atomic E-state index is 12.2. The number of hydrogen-bond donors (Lipinski definition) is 2. The number of rotatable bonds is 6. The lowest BCUT2D eigenvalue weighted by Crippen LogP contribution is -2.44. The van der Waals surface area contributed by atoms with Gasteiger partial charge in [0.05, 0.1) is 19.2 Å². The molecule has 1 aromatic heterocycles. The molecule has 0 aliphatic carbocycles. The second-order valence-corrected chi connectivity index (χ2v) is 7.31. The fourth-order valence-electron chi connectivity index (χ4n) is 1.90. The molecule has 1 amide bonds. The van der Waals surface area contributed by atoms with Crippen molar-refractivity contribution in [1.82, 2.24) is 10.2 Å². The van der Waals surface area contributed by atoms with E-state index in [9.17, 15) is 4.79 Å². The molecule has 0 bridgehead atoms. The number of aliphatic hydroxyl groups excluding tert-OH is 1. The molecule has 2 atom stereocenters. The van der Waals surface area contributed by atoms with Gasteiger partial charge in [-0.15, -0.1) is 11.3 Å². The number of carbonyl (C=O) groups is 1. The third kappa shape index (κ3) is 4.89. The van der Waals surface area contributed by atoms with Crippen molar-refractivity contribution in [3.05, 3.63) is 22.4 Å². The van der Waals surface area contributed by atoms with Crippen molar-refractivity contribution in [2.45, 2.75) is 39.8 Å². The smallest absolute Gasteiger partial charge is 0.234 e. The predicted molar refractivity (Wildman–Crippen MR) is 83.8 cm³/mol. The highest BCUT2D eigenvalue weighted by Gasteiger charge is 2.29. The van der Waals surface area contributed by atoms with Gasteiger partial charge < -0.3 is 10.4 Å². The van der Waals surface area contributed by atoms with Crippen LogP contribution in [0.15, 0.2) is 17.5 Å². The van der Waals surface area contributed by atoms with Crippen LogP contribution < -0.4 is 5.32 Å². The van der Waals surface area contributed by atoms with Gasteiger partial charge in [-0.2, -0.15) is 0 Å². The lowest BCUT2D eigenvalue weighted by atomic mass is 9.85. The van der Waals surface area contributed by atoms with Crippen LogP contribution in [0.4, 0.5) is 0 Å². The zero-order valence-corrected chi connectivity index (χ0v) is 13.8. The monoisotopic (exact) mass is 298 g/mol. The van der Waals surface area contributed by atoms with E-state index in [1.807, 2.05) is 30.3 Å². The van der Waals surface area contributed by atoms with E-state index in [0.717, 1.165) is 0 Å². The van der Waals surface area contributed by atoms with Crippen molar-refractivity contribution in [1.29, 1.82) is 0 Å². The van der Waals surface area contributed by atoms with E-state index in [1.165, 1.54) is 4.88 Å². The largest absolute Gasteiger partial charge is 0.395 e. The van der Waals surface area contributed by atoms with Crippen LogP contribution in [-0.2, 0) is 4.79 Å². The fraction of sp³-hybridized carbons (Fsp3) is 0.667. The van der Waals surface area contributed by atoms with Crippen LogP contribution in [0, 0.1) is 5.41 Å². The summed E-state index contributed by atoms with van der Waals surface area (Å²) >= 11 is 1.66. The first kappa shape index (κ1) is 17.1. The lowest BCUT2D eigenvalue weighted by Gasteiger charge is -2.32. The van der Waals surface area contributed by atoms with Crippen molar-refractivity contribution in [2.75, 3.05) is 20.2 Å². The Morgan fingerprint density at radius 2 is 2.15 bits per heavy atom. The molecule has 1 heterocycles. The number of nitrogens with one attached hydrogen (secondary N) is 1. The zero-order valence-electron chi connectivity index (χ0n) is 13.0. The maximum absolute atomic E-state index is 12.2.